The van der Waals surface area contributed by atoms with Gasteiger partial charge in [0.2, 0.25) is 0 Å². The van der Waals surface area contributed by atoms with Gasteiger partial charge in [-0.15, -0.1) is 0 Å². The van der Waals surface area contributed by atoms with E-state index >= 15 is 0 Å². The van der Waals surface area contributed by atoms with Gasteiger partial charge in [0, 0.05) is 11.3 Å². The molecule has 0 aliphatic rings. The zero-order valence-electron chi connectivity index (χ0n) is 18.6. The van der Waals surface area contributed by atoms with Crippen LogP contribution < -0.4 is 24.8 Å². The molecule has 0 aromatic heterocycles. The molecule has 0 spiro atoms. The minimum atomic E-state index is -0.615. The predicted molar refractivity (Wildman–Crippen MR) is 126 cm³/mol. The van der Waals surface area contributed by atoms with Gasteiger partial charge >= 0.3 is 0 Å². The number of nitrogens with one attached hydrogen (secondary N) is 2. The highest BCUT2D eigenvalue weighted by Crippen LogP contribution is 2.29. The number of rotatable bonds is 10. The third kappa shape index (κ3) is 6.45. The Morgan fingerprint density at radius 1 is 0.882 bits per heavy atom. The molecule has 0 fully saturated rings. The van der Waals surface area contributed by atoms with Gasteiger partial charge in [0.15, 0.2) is 6.61 Å². The van der Waals surface area contributed by atoms with Crippen LogP contribution in [0.2, 0.25) is 0 Å². The minimum absolute atomic E-state index is 0.0284. The number of nitro groups is 1. The first-order valence-corrected chi connectivity index (χ1v) is 10.3. The molecule has 0 unspecified atom stereocenters. The van der Waals surface area contributed by atoms with Crippen LogP contribution in [-0.4, -0.2) is 37.1 Å². The Kier molecular flexibility index (Phi) is 8.01. The fraction of sp³-hybridized carbons (Fsp3) is 0.167. The van der Waals surface area contributed by atoms with Gasteiger partial charge in [-0.3, -0.25) is 19.7 Å². The predicted octanol–water partition coefficient (Wildman–Crippen LogP) is 4.27. The molecule has 0 saturated heterocycles. The average molecular weight is 465 g/mol. The smallest absolute Gasteiger partial charge is 0.296 e. The number of hydrogen-bond acceptors (Lipinski definition) is 7. The van der Waals surface area contributed by atoms with Crippen molar-refractivity contribution < 1.29 is 28.7 Å². The number of nitro benzene ring substituents is 1. The lowest BCUT2D eigenvalue weighted by Gasteiger charge is -2.10. The second kappa shape index (κ2) is 11.3. The van der Waals surface area contributed by atoms with Crippen LogP contribution in [0.25, 0.3) is 0 Å². The van der Waals surface area contributed by atoms with E-state index in [1.165, 1.54) is 25.3 Å². The second-order valence-electron chi connectivity index (χ2n) is 6.91. The maximum Gasteiger partial charge on any atom is 0.296 e. The molecule has 2 amide bonds. The zero-order valence-corrected chi connectivity index (χ0v) is 18.6. The van der Waals surface area contributed by atoms with E-state index in [9.17, 15) is 19.7 Å². The van der Waals surface area contributed by atoms with Gasteiger partial charge in [0.1, 0.15) is 22.9 Å². The molecule has 0 aliphatic carbocycles. The van der Waals surface area contributed by atoms with Gasteiger partial charge in [-0.1, -0.05) is 0 Å². The molecule has 0 bridgehead atoms. The molecule has 3 aromatic rings. The van der Waals surface area contributed by atoms with E-state index in [4.69, 9.17) is 14.2 Å². The maximum atomic E-state index is 12.4. The minimum Gasteiger partial charge on any atom is -0.496 e. The summed E-state index contributed by atoms with van der Waals surface area (Å²) >= 11 is 0. The summed E-state index contributed by atoms with van der Waals surface area (Å²) in [4.78, 5) is 35.2. The highest BCUT2D eigenvalue weighted by molar-refractivity contribution is 6.04. The molecule has 0 aliphatic heterocycles. The molecule has 0 atom stereocenters. The number of ether oxygens (including phenoxy) is 3. The van der Waals surface area contributed by atoms with Crippen molar-refractivity contribution in [2.45, 2.75) is 6.92 Å². The van der Waals surface area contributed by atoms with Gasteiger partial charge in [-0.2, -0.15) is 0 Å². The van der Waals surface area contributed by atoms with E-state index < -0.39 is 10.8 Å². The Labute approximate surface area is 195 Å². The fourth-order valence-electron chi connectivity index (χ4n) is 2.94. The van der Waals surface area contributed by atoms with Crippen molar-refractivity contribution in [1.29, 1.82) is 0 Å². The van der Waals surface area contributed by atoms with Crippen molar-refractivity contribution in [2.75, 3.05) is 31.0 Å². The highest BCUT2D eigenvalue weighted by Gasteiger charge is 2.17. The number of nitrogens with zero attached hydrogens (tertiary/aromatic N) is 1. The highest BCUT2D eigenvalue weighted by atomic mass is 16.6. The van der Waals surface area contributed by atoms with E-state index in [1.807, 2.05) is 6.92 Å². The Hall–Kier alpha value is -4.60. The van der Waals surface area contributed by atoms with Crippen LogP contribution in [0.5, 0.6) is 17.2 Å². The maximum absolute atomic E-state index is 12.4. The molecule has 10 nitrogen and oxygen atoms in total. The van der Waals surface area contributed by atoms with Gasteiger partial charge in [-0.05, 0) is 67.6 Å². The summed E-state index contributed by atoms with van der Waals surface area (Å²) in [6.07, 6.45) is 0. The van der Waals surface area contributed by atoms with Gasteiger partial charge in [0.05, 0.1) is 24.7 Å². The van der Waals surface area contributed by atoms with Crippen LogP contribution in [0.15, 0.2) is 66.7 Å². The Bertz CT molecular complexity index is 1160. The lowest BCUT2D eigenvalue weighted by atomic mass is 10.2. The van der Waals surface area contributed by atoms with E-state index in [0.29, 0.717) is 35.1 Å². The van der Waals surface area contributed by atoms with Gasteiger partial charge in [-0.25, -0.2) is 0 Å². The van der Waals surface area contributed by atoms with Crippen molar-refractivity contribution >= 4 is 28.9 Å². The average Bonchev–Trinajstić information content (AvgIpc) is 2.84. The molecule has 0 saturated carbocycles. The molecule has 3 rings (SSSR count). The summed E-state index contributed by atoms with van der Waals surface area (Å²) in [6.45, 7) is 2.08. The summed E-state index contributed by atoms with van der Waals surface area (Å²) in [5.41, 5.74) is 0.758. The normalized spacial score (nSPS) is 10.2. The van der Waals surface area contributed by atoms with Crippen LogP contribution in [-0.2, 0) is 4.79 Å². The fourth-order valence-corrected chi connectivity index (χ4v) is 2.94. The number of benzene rings is 3. The Balaban J connectivity index is 1.54. The summed E-state index contributed by atoms with van der Waals surface area (Å²) in [5.74, 6) is 0.489. The SMILES string of the molecule is CCOc1ccc(NC(=O)c2ccc(OCC(=O)Nc3ccc(OC)cc3[N+](=O)[O-])cc2)cc1. The topological polar surface area (TPSA) is 129 Å². The number of carbonyl (C=O) groups is 2. The molecule has 0 heterocycles. The summed E-state index contributed by atoms with van der Waals surface area (Å²) in [7, 11) is 1.39. The number of methoxy groups -OCH3 is 1. The number of carbonyl (C=O) groups excluding carboxylic acids is 2. The number of anilines is 2. The van der Waals surface area contributed by atoms with E-state index in [-0.39, 0.29) is 23.9 Å². The third-order valence-corrected chi connectivity index (χ3v) is 4.59. The lowest BCUT2D eigenvalue weighted by Crippen LogP contribution is -2.20. The van der Waals surface area contributed by atoms with Crippen LogP contribution in [0.4, 0.5) is 17.1 Å². The van der Waals surface area contributed by atoms with Crippen LogP contribution in [0.1, 0.15) is 17.3 Å². The first kappa shape index (κ1) is 24.1. The molecule has 10 heteroatoms. The van der Waals surface area contributed by atoms with Gasteiger partial charge < -0.3 is 24.8 Å². The van der Waals surface area contributed by atoms with E-state index in [1.54, 1.807) is 48.5 Å². The summed E-state index contributed by atoms with van der Waals surface area (Å²) in [5, 5.41) is 16.5. The molecular formula is C24H23N3O7. The van der Waals surface area contributed by atoms with Crippen molar-refractivity contribution in [3.05, 3.63) is 82.4 Å². The third-order valence-electron chi connectivity index (χ3n) is 4.59. The Morgan fingerprint density at radius 2 is 1.50 bits per heavy atom. The van der Waals surface area contributed by atoms with Gasteiger partial charge in [0.25, 0.3) is 17.5 Å². The molecule has 0 radical (unpaired) electrons. The number of hydrogen-bond donors (Lipinski definition) is 2. The Morgan fingerprint density at radius 3 is 2.12 bits per heavy atom. The number of amides is 2. The second-order valence-corrected chi connectivity index (χ2v) is 6.91. The van der Waals surface area contributed by atoms with Crippen molar-refractivity contribution in [2.24, 2.45) is 0 Å². The van der Waals surface area contributed by atoms with E-state index in [0.717, 1.165) is 0 Å². The zero-order chi connectivity index (χ0) is 24.5. The molecule has 34 heavy (non-hydrogen) atoms. The first-order chi connectivity index (χ1) is 16.4. The van der Waals surface area contributed by atoms with E-state index in [2.05, 4.69) is 10.6 Å². The van der Waals surface area contributed by atoms with Crippen LogP contribution in [0.3, 0.4) is 0 Å². The van der Waals surface area contributed by atoms with Crippen molar-refractivity contribution in [1.82, 2.24) is 0 Å². The molecule has 176 valence electrons. The van der Waals surface area contributed by atoms with Crippen LogP contribution >= 0.6 is 0 Å². The molecule has 2 N–H and O–H groups in total. The first-order valence-electron chi connectivity index (χ1n) is 10.3. The molecule has 3 aromatic carbocycles. The van der Waals surface area contributed by atoms with Crippen molar-refractivity contribution in [3.63, 3.8) is 0 Å². The quantitative estimate of drug-likeness (QED) is 0.338. The van der Waals surface area contributed by atoms with Crippen molar-refractivity contribution in [3.8, 4) is 17.2 Å². The summed E-state index contributed by atoms with van der Waals surface area (Å²) < 4.78 is 15.8. The monoisotopic (exact) mass is 465 g/mol. The summed E-state index contributed by atoms with van der Waals surface area (Å²) in [6, 6.07) is 17.3. The molecular weight excluding hydrogens is 442 g/mol. The van der Waals surface area contributed by atoms with Crippen LogP contribution in [0, 0.1) is 10.1 Å². The lowest BCUT2D eigenvalue weighted by molar-refractivity contribution is -0.384. The largest absolute Gasteiger partial charge is 0.496 e. The standard InChI is InChI=1S/C24H23N3O7/c1-3-33-18-10-6-17(7-11-18)25-24(29)16-4-8-19(9-5-16)34-15-23(28)26-21-13-12-20(32-2)14-22(21)27(30)31/h4-14H,3,15H2,1-2H3,(H,25,29)(H,26,28).